The van der Waals surface area contributed by atoms with E-state index in [0.29, 0.717) is 6.04 Å². The minimum absolute atomic E-state index is 0.662. The summed E-state index contributed by atoms with van der Waals surface area (Å²) >= 11 is 0. The second kappa shape index (κ2) is 5.31. The Balaban J connectivity index is 1.66. The Morgan fingerprint density at radius 2 is 1.89 bits per heavy atom. The number of fused-ring (bicyclic) bond motifs is 1. The van der Waals surface area contributed by atoms with E-state index in [-0.39, 0.29) is 0 Å². The maximum absolute atomic E-state index is 4.37. The zero-order chi connectivity index (χ0) is 13.2. The number of aromatic nitrogens is 2. The van der Waals surface area contributed by atoms with Crippen molar-refractivity contribution in [1.82, 2.24) is 20.0 Å². The van der Waals surface area contributed by atoms with Gasteiger partial charge in [-0.05, 0) is 19.9 Å². The zero-order valence-electron chi connectivity index (χ0n) is 11.8. The number of hydrogen-bond donors (Lipinski definition) is 1. The molecule has 2 heterocycles. The van der Waals surface area contributed by atoms with E-state index in [1.165, 1.54) is 24.2 Å². The molecule has 1 aromatic heterocycles. The molecular weight excluding hydrogens is 236 g/mol. The third-order valence-electron chi connectivity index (χ3n) is 4.06. The van der Waals surface area contributed by atoms with E-state index in [1.54, 1.807) is 0 Å². The van der Waals surface area contributed by atoms with Crippen LogP contribution in [0.25, 0.3) is 10.9 Å². The molecule has 4 heteroatoms. The van der Waals surface area contributed by atoms with Crippen LogP contribution in [0.15, 0.2) is 24.3 Å². The van der Waals surface area contributed by atoms with Gasteiger partial charge in [-0.25, -0.2) is 0 Å². The van der Waals surface area contributed by atoms with Crippen LogP contribution in [0.1, 0.15) is 19.5 Å². The molecule has 0 spiro atoms. The lowest BCUT2D eigenvalue weighted by atomic mass is 10.2. The lowest BCUT2D eigenvalue weighted by molar-refractivity contribution is 0.103. The molecule has 0 saturated carbocycles. The Labute approximate surface area is 114 Å². The number of benzene rings is 1. The molecule has 1 aromatic carbocycles. The van der Waals surface area contributed by atoms with Crippen LogP contribution in [0.5, 0.6) is 0 Å². The van der Waals surface area contributed by atoms with Gasteiger partial charge in [0.1, 0.15) is 0 Å². The van der Waals surface area contributed by atoms with Gasteiger partial charge in [-0.15, -0.1) is 0 Å². The second-order valence-electron chi connectivity index (χ2n) is 5.63. The largest absolute Gasteiger partial charge is 0.298 e. The van der Waals surface area contributed by atoms with Crippen LogP contribution in [0.4, 0.5) is 0 Å². The predicted molar refractivity (Wildman–Crippen MR) is 78.1 cm³/mol. The monoisotopic (exact) mass is 258 g/mol. The maximum atomic E-state index is 4.37. The van der Waals surface area contributed by atoms with Gasteiger partial charge in [-0.3, -0.25) is 14.9 Å². The van der Waals surface area contributed by atoms with E-state index >= 15 is 0 Å². The van der Waals surface area contributed by atoms with Crippen molar-refractivity contribution in [3.8, 4) is 0 Å². The molecule has 1 N–H and O–H groups in total. The molecule has 0 bridgehead atoms. The van der Waals surface area contributed by atoms with Crippen molar-refractivity contribution >= 4 is 10.9 Å². The SMILES string of the molecule is CC(C)N1CCN(Cc2[nH]nc3ccccc23)CC1. The first kappa shape index (κ1) is 12.6. The molecule has 1 saturated heterocycles. The molecule has 19 heavy (non-hydrogen) atoms. The van der Waals surface area contributed by atoms with Crippen LogP contribution in [-0.4, -0.2) is 52.2 Å². The normalized spacial score (nSPS) is 18.5. The van der Waals surface area contributed by atoms with E-state index < -0.39 is 0 Å². The predicted octanol–water partition coefficient (Wildman–Crippen LogP) is 2.09. The van der Waals surface area contributed by atoms with Crippen LogP contribution in [-0.2, 0) is 6.54 Å². The minimum atomic E-state index is 0.662. The van der Waals surface area contributed by atoms with E-state index in [0.717, 1.165) is 25.2 Å². The third-order valence-corrected chi connectivity index (χ3v) is 4.06. The zero-order valence-corrected chi connectivity index (χ0v) is 11.8. The highest BCUT2D eigenvalue weighted by molar-refractivity contribution is 5.81. The van der Waals surface area contributed by atoms with Gasteiger partial charge < -0.3 is 0 Å². The van der Waals surface area contributed by atoms with Gasteiger partial charge in [0.25, 0.3) is 0 Å². The van der Waals surface area contributed by atoms with Crippen LogP contribution in [0, 0.1) is 0 Å². The Morgan fingerprint density at radius 1 is 1.16 bits per heavy atom. The van der Waals surface area contributed by atoms with Crippen LogP contribution >= 0.6 is 0 Å². The van der Waals surface area contributed by atoms with Crippen molar-refractivity contribution in [1.29, 1.82) is 0 Å². The summed E-state index contributed by atoms with van der Waals surface area (Å²) in [6.07, 6.45) is 0. The van der Waals surface area contributed by atoms with Crippen LogP contribution in [0.3, 0.4) is 0 Å². The molecule has 1 fully saturated rings. The highest BCUT2D eigenvalue weighted by Gasteiger charge is 2.19. The molecule has 1 aliphatic heterocycles. The van der Waals surface area contributed by atoms with Crippen molar-refractivity contribution in [3.05, 3.63) is 30.0 Å². The number of para-hydroxylation sites is 1. The van der Waals surface area contributed by atoms with Crippen molar-refractivity contribution < 1.29 is 0 Å². The number of nitrogens with zero attached hydrogens (tertiary/aromatic N) is 3. The summed E-state index contributed by atoms with van der Waals surface area (Å²) in [4.78, 5) is 5.06. The standard InChI is InChI=1S/C15H22N4/c1-12(2)19-9-7-18(8-10-19)11-15-13-5-3-4-6-14(13)16-17-15/h3-6,12H,7-11H2,1-2H3,(H,16,17). The molecule has 102 valence electrons. The molecule has 0 atom stereocenters. The number of aromatic amines is 1. The first-order valence-electron chi connectivity index (χ1n) is 7.12. The van der Waals surface area contributed by atoms with Gasteiger partial charge in [-0.2, -0.15) is 5.10 Å². The summed E-state index contributed by atoms with van der Waals surface area (Å²) in [6.45, 7) is 10.2. The van der Waals surface area contributed by atoms with Gasteiger partial charge in [0.15, 0.2) is 0 Å². The van der Waals surface area contributed by atoms with Gasteiger partial charge >= 0.3 is 0 Å². The molecule has 4 nitrogen and oxygen atoms in total. The van der Waals surface area contributed by atoms with Gasteiger partial charge in [-0.1, -0.05) is 18.2 Å². The van der Waals surface area contributed by atoms with Crippen LogP contribution in [0.2, 0.25) is 0 Å². The van der Waals surface area contributed by atoms with Gasteiger partial charge in [0.05, 0.1) is 11.2 Å². The molecule has 0 radical (unpaired) electrons. The molecule has 3 rings (SSSR count). The minimum Gasteiger partial charge on any atom is -0.298 e. The summed E-state index contributed by atoms with van der Waals surface area (Å²) in [5.41, 5.74) is 2.31. The molecule has 0 aliphatic carbocycles. The lowest BCUT2D eigenvalue weighted by Gasteiger charge is -2.36. The lowest BCUT2D eigenvalue weighted by Crippen LogP contribution is -2.48. The average molecular weight is 258 g/mol. The summed E-state index contributed by atoms with van der Waals surface area (Å²) in [5, 5.41) is 8.81. The van der Waals surface area contributed by atoms with Crippen LogP contribution < -0.4 is 0 Å². The van der Waals surface area contributed by atoms with E-state index in [1.807, 2.05) is 6.07 Å². The number of hydrogen-bond acceptors (Lipinski definition) is 3. The fourth-order valence-electron chi connectivity index (χ4n) is 2.80. The molecule has 2 aromatic rings. The van der Waals surface area contributed by atoms with Crippen molar-refractivity contribution in [3.63, 3.8) is 0 Å². The summed E-state index contributed by atoms with van der Waals surface area (Å²) < 4.78 is 0. The molecule has 0 unspecified atom stereocenters. The first-order chi connectivity index (χ1) is 9.24. The van der Waals surface area contributed by atoms with E-state index in [2.05, 4.69) is 52.0 Å². The number of nitrogens with one attached hydrogen (secondary N) is 1. The van der Waals surface area contributed by atoms with Crippen molar-refractivity contribution in [2.45, 2.75) is 26.4 Å². The maximum Gasteiger partial charge on any atom is 0.0924 e. The Kier molecular flexibility index (Phi) is 3.53. The quantitative estimate of drug-likeness (QED) is 0.915. The number of H-pyrrole nitrogens is 1. The number of piperazine rings is 1. The Bertz CT molecular complexity index is 538. The Morgan fingerprint density at radius 3 is 2.63 bits per heavy atom. The summed E-state index contributed by atoms with van der Waals surface area (Å²) in [7, 11) is 0. The Hall–Kier alpha value is -1.39. The topological polar surface area (TPSA) is 35.2 Å². The molecule has 1 aliphatic rings. The third kappa shape index (κ3) is 2.65. The summed E-state index contributed by atoms with van der Waals surface area (Å²) in [5.74, 6) is 0. The fourth-order valence-corrected chi connectivity index (χ4v) is 2.80. The van der Waals surface area contributed by atoms with Gasteiger partial charge in [0, 0.05) is 44.2 Å². The summed E-state index contributed by atoms with van der Waals surface area (Å²) in [6, 6.07) is 8.99. The highest BCUT2D eigenvalue weighted by atomic mass is 15.3. The first-order valence-corrected chi connectivity index (χ1v) is 7.12. The van der Waals surface area contributed by atoms with E-state index in [9.17, 15) is 0 Å². The average Bonchev–Trinajstić information content (AvgIpc) is 2.83. The molecule has 0 amide bonds. The fraction of sp³-hybridized carbons (Fsp3) is 0.533. The van der Waals surface area contributed by atoms with Gasteiger partial charge in [0.2, 0.25) is 0 Å². The van der Waals surface area contributed by atoms with E-state index in [4.69, 9.17) is 0 Å². The smallest absolute Gasteiger partial charge is 0.0924 e. The molecular formula is C15H22N4. The second-order valence-corrected chi connectivity index (χ2v) is 5.63. The van der Waals surface area contributed by atoms with Crippen molar-refractivity contribution in [2.75, 3.05) is 26.2 Å². The number of rotatable bonds is 3. The highest BCUT2D eigenvalue weighted by Crippen LogP contribution is 2.17. The van der Waals surface area contributed by atoms with Crippen molar-refractivity contribution in [2.24, 2.45) is 0 Å².